The van der Waals surface area contributed by atoms with E-state index < -0.39 is 11.6 Å². The number of imide groups is 1. The number of rotatable bonds is 4. The van der Waals surface area contributed by atoms with E-state index in [4.69, 9.17) is 0 Å². The van der Waals surface area contributed by atoms with Gasteiger partial charge in [0.2, 0.25) is 5.91 Å². The van der Waals surface area contributed by atoms with Crippen LogP contribution in [0.5, 0.6) is 0 Å². The summed E-state index contributed by atoms with van der Waals surface area (Å²) in [6, 6.07) is 9.89. The molecule has 7 heteroatoms. The van der Waals surface area contributed by atoms with Crippen LogP contribution in [0.25, 0.3) is 0 Å². The predicted molar refractivity (Wildman–Crippen MR) is 123 cm³/mol. The summed E-state index contributed by atoms with van der Waals surface area (Å²) in [5.41, 5.74) is 0.650. The lowest BCUT2D eigenvalue weighted by Crippen LogP contribution is -2.52. The van der Waals surface area contributed by atoms with Crippen molar-refractivity contribution >= 4 is 17.8 Å². The maximum atomic E-state index is 13.2. The van der Waals surface area contributed by atoms with Crippen LogP contribution in [0.2, 0.25) is 0 Å². The minimum Gasteiger partial charge on any atom is -0.339 e. The standard InChI is InChI=1S/C25H36N4O3/c1-24(2,3)20-9-11-25(12-10-20)22(31)29(23(32)26-25)18-21(30)28-15-13-27(14-16-28)17-19-7-5-4-6-8-19/h4-8,20H,9-18H2,1-3H3,(H,26,32). The van der Waals surface area contributed by atoms with Gasteiger partial charge in [-0.05, 0) is 42.6 Å². The Bertz CT molecular complexity index is 848. The number of nitrogens with zero attached hydrogens (tertiary/aromatic N) is 3. The van der Waals surface area contributed by atoms with Crippen molar-refractivity contribution in [3.8, 4) is 0 Å². The van der Waals surface area contributed by atoms with Crippen LogP contribution in [0.4, 0.5) is 4.79 Å². The number of amides is 4. The Balaban J connectivity index is 1.29. The summed E-state index contributed by atoms with van der Waals surface area (Å²) in [6.07, 6.45) is 3.14. The molecule has 2 aliphatic heterocycles. The van der Waals surface area contributed by atoms with Crippen LogP contribution in [-0.2, 0) is 16.1 Å². The molecule has 1 aromatic rings. The van der Waals surface area contributed by atoms with Crippen molar-refractivity contribution in [1.82, 2.24) is 20.0 Å². The first-order valence-corrected chi connectivity index (χ1v) is 11.9. The summed E-state index contributed by atoms with van der Waals surface area (Å²) >= 11 is 0. The third kappa shape index (κ3) is 4.68. The van der Waals surface area contributed by atoms with Gasteiger partial charge in [-0.2, -0.15) is 0 Å². The molecule has 3 aliphatic rings. The van der Waals surface area contributed by atoms with Gasteiger partial charge < -0.3 is 10.2 Å². The van der Waals surface area contributed by atoms with Crippen molar-refractivity contribution in [2.24, 2.45) is 11.3 Å². The Morgan fingerprint density at radius 3 is 2.25 bits per heavy atom. The molecule has 2 saturated heterocycles. The van der Waals surface area contributed by atoms with Crippen LogP contribution in [0, 0.1) is 11.3 Å². The van der Waals surface area contributed by atoms with E-state index in [0.717, 1.165) is 37.4 Å². The molecule has 32 heavy (non-hydrogen) atoms. The number of benzene rings is 1. The first kappa shape index (κ1) is 22.8. The average Bonchev–Trinajstić information content (AvgIpc) is 2.98. The Morgan fingerprint density at radius 2 is 1.66 bits per heavy atom. The zero-order valence-electron chi connectivity index (χ0n) is 19.6. The summed E-state index contributed by atoms with van der Waals surface area (Å²) < 4.78 is 0. The molecule has 174 valence electrons. The fourth-order valence-electron chi connectivity index (χ4n) is 5.37. The van der Waals surface area contributed by atoms with E-state index in [-0.39, 0.29) is 23.8 Å². The molecule has 4 rings (SSSR count). The fourth-order valence-corrected chi connectivity index (χ4v) is 5.37. The summed E-state index contributed by atoms with van der Waals surface area (Å²) in [7, 11) is 0. The van der Waals surface area contributed by atoms with E-state index in [2.05, 4.69) is 43.1 Å². The van der Waals surface area contributed by atoms with Gasteiger partial charge in [0, 0.05) is 32.7 Å². The molecule has 1 saturated carbocycles. The fraction of sp³-hybridized carbons (Fsp3) is 0.640. The highest BCUT2D eigenvalue weighted by Crippen LogP contribution is 2.43. The van der Waals surface area contributed by atoms with Crippen molar-refractivity contribution in [3.63, 3.8) is 0 Å². The van der Waals surface area contributed by atoms with Crippen LogP contribution >= 0.6 is 0 Å². The van der Waals surface area contributed by atoms with Crippen molar-refractivity contribution in [2.75, 3.05) is 32.7 Å². The second kappa shape index (κ2) is 8.85. The number of nitrogens with one attached hydrogen (secondary N) is 1. The third-order valence-corrected chi connectivity index (χ3v) is 7.58. The van der Waals surface area contributed by atoms with E-state index in [1.807, 2.05) is 18.2 Å². The topological polar surface area (TPSA) is 73.0 Å². The Labute approximate surface area is 191 Å². The largest absolute Gasteiger partial charge is 0.339 e. The molecule has 3 fully saturated rings. The number of carbonyl (C=O) groups excluding carboxylic acids is 3. The molecule has 0 radical (unpaired) electrons. The van der Waals surface area contributed by atoms with Crippen LogP contribution in [0.3, 0.4) is 0 Å². The molecule has 2 heterocycles. The van der Waals surface area contributed by atoms with Crippen LogP contribution in [0.1, 0.15) is 52.0 Å². The van der Waals surface area contributed by atoms with Crippen molar-refractivity contribution in [2.45, 2.75) is 58.5 Å². The van der Waals surface area contributed by atoms with Gasteiger partial charge in [-0.1, -0.05) is 51.1 Å². The van der Waals surface area contributed by atoms with Crippen molar-refractivity contribution in [1.29, 1.82) is 0 Å². The van der Waals surface area contributed by atoms with Crippen LogP contribution in [0.15, 0.2) is 30.3 Å². The maximum absolute atomic E-state index is 13.2. The van der Waals surface area contributed by atoms with E-state index in [0.29, 0.717) is 31.8 Å². The number of piperazine rings is 1. The quantitative estimate of drug-likeness (QED) is 0.731. The minimum atomic E-state index is -0.812. The average molecular weight is 441 g/mol. The molecule has 0 unspecified atom stereocenters. The lowest BCUT2D eigenvalue weighted by molar-refractivity contribution is -0.140. The molecule has 1 spiro atoms. The Hall–Kier alpha value is -2.41. The molecule has 0 bridgehead atoms. The molecule has 1 aromatic carbocycles. The minimum absolute atomic E-state index is 0.145. The van der Waals surface area contributed by atoms with Crippen molar-refractivity contribution < 1.29 is 14.4 Å². The second-order valence-electron chi connectivity index (χ2n) is 10.7. The molecule has 1 aliphatic carbocycles. The van der Waals surface area contributed by atoms with Gasteiger partial charge in [-0.15, -0.1) is 0 Å². The Kier molecular flexibility index (Phi) is 6.30. The Morgan fingerprint density at radius 1 is 1.03 bits per heavy atom. The number of urea groups is 1. The molecular weight excluding hydrogens is 404 g/mol. The summed E-state index contributed by atoms with van der Waals surface area (Å²) in [4.78, 5) is 44.0. The number of hydrogen-bond donors (Lipinski definition) is 1. The van der Waals surface area contributed by atoms with Gasteiger partial charge in [0.25, 0.3) is 5.91 Å². The molecule has 0 atom stereocenters. The van der Waals surface area contributed by atoms with E-state index in [1.54, 1.807) is 4.90 Å². The zero-order chi connectivity index (χ0) is 22.9. The third-order valence-electron chi connectivity index (χ3n) is 7.58. The molecule has 0 aromatic heterocycles. The summed E-state index contributed by atoms with van der Waals surface area (Å²) in [5.74, 6) is 0.180. The summed E-state index contributed by atoms with van der Waals surface area (Å²) in [5, 5.41) is 2.94. The molecule has 1 N–H and O–H groups in total. The first-order chi connectivity index (χ1) is 15.2. The van der Waals surface area contributed by atoms with Gasteiger partial charge in [-0.25, -0.2) is 4.79 Å². The van der Waals surface area contributed by atoms with E-state index >= 15 is 0 Å². The lowest BCUT2D eigenvalue weighted by atomic mass is 9.67. The van der Waals surface area contributed by atoms with E-state index in [9.17, 15) is 14.4 Å². The van der Waals surface area contributed by atoms with Crippen LogP contribution in [-0.4, -0.2) is 70.8 Å². The monoisotopic (exact) mass is 440 g/mol. The number of carbonyl (C=O) groups is 3. The van der Waals surface area contributed by atoms with Crippen LogP contribution < -0.4 is 5.32 Å². The lowest BCUT2D eigenvalue weighted by Gasteiger charge is -2.40. The highest BCUT2D eigenvalue weighted by atomic mass is 16.2. The van der Waals surface area contributed by atoms with Gasteiger partial charge in [0.05, 0.1) is 0 Å². The first-order valence-electron chi connectivity index (χ1n) is 11.9. The maximum Gasteiger partial charge on any atom is 0.325 e. The SMILES string of the molecule is CC(C)(C)C1CCC2(CC1)NC(=O)N(CC(=O)N1CCN(Cc3ccccc3)CC1)C2=O. The summed E-state index contributed by atoms with van der Waals surface area (Å²) in [6.45, 7) is 10.2. The smallest absolute Gasteiger partial charge is 0.325 e. The van der Waals surface area contributed by atoms with Crippen molar-refractivity contribution in [3.05, 3.63) is 35.9 Å². The van der Waals surface area contributed by atoms with Gasteiger partial charge in [-0.3, -0.25) is 19.4 Å². The van der Waals surface area contributed by atoms with Gasteiger partial charge in [0.15, 0.2) is 0 Å². The van der Waals surface area contributed by atoms with E-state index in [1.165, 1.54) is 5.56 Å². The number of hydrogen-bond acceptors (Lipinski definition) is 4. The molecule has 4 amide bonds. The zero-order valence-corrected chi connectivity index (χ0v) is 19.6. The second-order valence-corrected chi connectivity index (χ2v) is 10.7. The van der Waals surface area contributed by atoms with Gasteiger partial charge in [0.1, 0.15) is 12.1 Å². The highest BCUT2D eigenvalue weighted by Gasteiger charge is 2.53. The molecule has 7 nitrogen and oxygen atoms in total. The highest BCUT2D eigenvalue weighted by molar-refractivity contribution is 6.09. The predicted octanol–water partition coefficient (Wildman–Crippen LogP) is 2.86. The normalized spacial score (nSPS) is 27.2. The van der Waals surface area contributed by atoms with Gasteiger partial charge >= 0.3 is 6.03 Å². The molecular formula is C25H36N4O3.